The Hall–Kier alpha value is -2.75. The number of sulfonamides is 1. The number of rotatable bonds is 5. The Morgan fingerprint density at radius 2 is 1.90 bits per heavy atom. The van der Waals surface area contributed by atoms with Gasteiger partial charge in [0.1, 0.15) is 4.90 Å². The second-order valence-electron chi connectivity index (χ2n) is 7.28. The molecule has 2 heterocycles. The quantitative estimate of drug-likeness (QED) is 0.642. The summed E-state index contributed by atoms with van der Waals surface area (Å²) >= 11 is 6.09. The van der Waals surface area contributed by atoms with Crippen LogP contribution in [0.3, 0.4) is 0 Å². The molecule has 1 amide bonds. The van der Waals surface area contributed by atoms with E-state index in [1.54, 1.807) is 57.6 Å². The lowest BCUT2D eigenvalue weighted by Gasteiger charge is -2.21. The van der Waals surface area contributed by atoms with Gasteiger partial charge in [-0.1, -0.05) is 11.6 Å². The second kappa shape index (κ2) is 7.94. The monoisotopic (exact) mass is 433 g/mol. The predicted molar refractivity (Wildman–Crippen MR) is 111 cm³/mol. The number of aromatic nitrogens is 3. The predicted octanol–water partition coefficient (Wildman–Crippen LogP) is 3.25. The number of nitrogens with zero attached hydrogens (tertiary/aromatic N) is 3. The molecule has 0 saturated carbocycles. The summed E-state index contributed by atoms with van der Waals surface area (Å²) in [6, 6.07) is 9.17. The Kier molecular flexibility index (Phi) is 5.74. The lowest BCUT2D eigenvalue weighted by atomic mass is 10.1. The van der Waals surface area contributed by atoms with Crippen LogP contribution in [0.1, 0.15) is 31.1 Å². The normalized spacial score (nSPS) is 12.0. The molecule has 1 aromatic carbocycles. The third-order valence-corrected chi connectivity index (χ3v) is 5.92. The maximum absolute atomic E-state index is 12.8. The minimum atomic E-state index is -3.91. The average molecular weight is 434 g/mol. The first-order chi connectivity index (χ1) is 13.6. The molecule has 0 atom stereocenters. The summed E-state index contributed by atoms with van der Waals surface area (Å²) in [6.07, 6.45) is 4.87. The highest BCUT2D eigenvalue weighted by molar-refractivity contribution is 7.89. The molecule has 152 valence electrons. The van der Waals surface area contributed by atoms with E-state index < -0.39 is 21.5 Å². The maximum Gasteiger partial charge on any atom is 0.255 e. The van der Waals surface area contributed by atoms with E-state index >= 15 is 0 Å². The van der Waals surface area contributed by atoms with Crippen molar-refractivity contribution in [3.63, 3.8) is 0 Å². The first kappa shape index (κ1) is 21.0. The van der Waals surface area contributed by atoms with Gasteiger partial charge in [-0.15, -0.1) is 0 Å². The molecule has 2 aromatic heterocycles. The minimum absolute atomic E-state index is 0.0249. The number of hydrogen-bond donors (Lipinski definition) is 2. The standard InChI is InChI=1S/C19H20ClN5O3S/c1-19(2,3)24-29(27,28)16-12-13(7-8-14(16)20)18(26)23-15-6-4-9-21-17(15)25-11-5-10-22-25/h4-12,24H,1-3H3,(H,23,26). The minimum Gasteiger partial charge on any atom is -0.319 e. The molecule has 0 saturated heterocycles. The third kappa shape index (κ3) is 5.00. The number of anilines is 1. The molecule has 0 bridgehead atoms. The van der Waals surface area contributed by atoms with Crippen LogP contribution in [-0.2, 0) is 10.0 Å². The van der Waals surface area contributed by atoms with E-state index in [2.05, 4.69) is 20.1 Å². The third-order valence-electron chi connectivity index (χ3n) is 3.68. The van der Waals surface area contributed by atoms with E-state index in [1.165, 1.54) is 22.9 Å². The lowest BCUT2D eigenvalue weighted by Crippen LogP contribution is -2.40. The van der Waals surface area contributed by atoms with Gasteiger partial charge in [0.05, 0.1) is 10.7 Å². The van der Waals surface area contributed by atoms with Crippen molar-refractivity contribution in [1.29, 1.82) is 0 Å². The fourth-order valence-electron chi connectivity index (χ4n) is 2.57. The summed E-state index contributed by atoms with van der Waals surface area (Å²) < 4.78 is 29.4. The van der Waals surface area contributed by atoms with Crippen molar-refractivity contribution in [3.8, 4) is 5.82 Å². The van der Waals surface area contributed by atoms with Gasteiger partial charge < -0.3 is 5.32 Å². The molecule has 0 unspecified atom stereocenters. The molecule has 3 rings (SSSR count). The number of benzene rings is 1. The average Bonchev–Trinajstić information content (AvgIpc) is 3.14. The number of pyridine rings is 1. The van der Waals surface area contributed by atoms with Crippen molar-refractivity contribution < 1.29 is 13.2 Å². The first-order valence-electron chi connectivity index (χ1n) is 8.67. The van der Waals surface area contributed by atoms with Gasteiger partial charge in [0.25, 0.3) is 5.91 Å². The molecule has 0 aliphatic carbocycles. The van der Waals surface area contributed by atoms with Gasteiger partial charge >= 0.3 is 0 Å². The summed E-state index contributed by atoms with van der Waals surface area (Å²) in [6.45, 7) is 5.15. The Balaban J connectivity index is 1.92. The first-order valence-corrected chi connectivity index (χ1v) is 10.5. The number of carbonyl (C=O) groups is 1. The van der Waals surface area contributed by atoms with Crippen LogP contribution in [0.2, 0.25) is 5.02 Å². The largest absolute Gasteiger partial charge is 0.319 e. The fraction of sp³-hybridized carbons (Fsp3) is 0.211. The van der Waals surface area contributed by atoms with Gasteiger partial charge in [-0.25, -0.2) is 22.8 Å². The van der Waals surface area contributed by atoms with Crippen LogP contribution in [0.25, 0.3) is 5.82 Å². The highest BCUT2D eigenvalue weighted by Gasteiger charge is 2.25. The smallest absolute Gasteiger partial charge is 0.255 e. The van der Waals surface area contributed by atoms with E-state index in [1.807, 2.05) is 0 Å². The van der Waals surface area contributed by atoms with Crippen molar-refractivity contribution in [2.45, 2.75) is 31.2 Å². The van der Waals surface area contributed by atoms with Crippen molar-refractivity contribution in [3.05, 3.63) is 65.6 Å². The summed E-state index contributed by atoms with van der Waals surface area (Å²) in [5, 5.41) is 6.88. The van der Waals surface area contributed by atoms with Crippen molar-refractivity contribution >= 4 is 33.2 Å². The van der Waals surface area contributed by atoms with Gasteiger partial charge in [-0.2, -0.15) is 5.10 Å². The highest BCUT2D eigenvalue weighted by Crippen LogP contribution is 2.25. The van der Waals surface area contributed by atoms with Gasteiger partial charge in [-0.3, -0.25) is 4.79 Å². The van der Waals surface area contributed by atoms with Crippen LogP contribution in [0.5, 0.6) is 0 Å². The van der Waals surface area contributed by atoms with Crippen molar-refractivity contribution in [2.75, 3.05) is 5.32 Å². The zero-order chi connectivity index (χ0) is 21.2. The van der Waals surface area contributed by atoms with Gasteiger partial charge in [0.15, 0.2) is 5.82 Å². The lowest BCUT2D eigenvalue weighted by molar-refractivity contribution is 0.102. The van der Waals surface area contributed by atoms with Crippen LogP contribution >= 0.6 is 11.6 Å². The van der Waals surface area contributed by atoms with E-state index in [9.17, 15) is 13.2 Å². The Labute approximate surface area is 174 Å². The molecular formula is C19H20ClN5O3S. The van der Waals surface area contributed by atoms with Crippen LogP contribution in [0, 0.1) is 0 Å². The summed E-state index contributed by atoms with van der Waals surface area (Å²) in [7, 11) is -3.91. The number of carbonyl (C=O) groups excluding carboxylic acids is 1. The Morgan fingerprint density at radius 3 is 2.55 bits per heavy atom. The summed E-state index contributed by atoms with van der Waals surface area (Å²) in [4.78, 5) is 16.9. The molecule has 29 heavy (non-hydrogen) atoms. The Morgan fingerprint density at radius 1 is 1.14 bits per heavy atom. The molecule has 0 radical (unpaired) electrons. The molecule has 3 aromatic rings. The molecule has 0 aliphatic rings. The molecule has 2 N–H and O–H groups in total. The van der Waals surface area contributed by atoms with Crippen LogP contribution < -0.4 is 10.0 Å². The van der Waals surface area contributed by atoms with Crippen molar-refractivity contribution in [2.24, 2.45) is 0 Å². The zero-order valence-electron chi connectivity index (χ0n) is 16.0. The molecule has 0 spiro atoms. The molecule has 10 heteroatoms. The maximum atomic E-state index is 12.8. The number of nitrogens with one attached hydrogen (secondary N) is 2. The fourth-order valence-corrected chi connectivity index (χ4v) is 4.52. The van der Waals surface area contributed by atoms with E-state index in [0.717, 1.165) is 0 Å². The van der Waals surface area contributed by atoms with Gasteiger partial charge in [0, 0.05) is 29.7 Å². The topological polar surface area (TPSA) is 106 Å². The SMILES string of the molecule is CC(C)(C)NS(=O)(=O)c1cc(C(=O)Nc2cccnc2-n2cccn2)ccc1Cl. The molecule has 0 fully saturated rings. The van der Waals surface area contributed by atoms with Crippen molar-refractivity contribution in [1.82, 2.24) is 19.5 Å². The second-order valence-corrected chi connectivity index (χ2v) is 9.34. The van der Waals surface area contributed by atoms with Gasteiger partial charge in [0.2, 0.25) is 10.0 Å². The van der Waals surface area contributed by atoms with E-state index in [4.69, 9.17) is 11.6 Å². The van der Waals surface area contributed by atoms with Gasteiger partial charge in [-0.05, 0) is 57.2 Å². The molecular weight excluding hydrogens is 414 g/mol. The number of amides is 1. The van der Waals surface area contributed by atoms with Crippen LogP contribution in [-0.4, -0.2) is 34.6 Å². The number of halogens is 1. The van der Waals surface area contributed by atoms with Crippen LogP contribution in [0.4, 0.5) is 5.69 Å². The van der Waals surface area contributed by atoms with Crippen LogP contribution in [0.15, 0.2) is 59.9 Å². The van der Waals surface area contributed by atoms with E-state index in [0.29, 0.717) is 11.5 Å². The molecule has 0 aliphatic heterocycles. The molecule has 8 nitrogen and oxygen atoms in total. The summed E-state index contributed by atoms with van der Waals surface area (Å²) in [5.74, 6) is -0.0719. The highest BCUT2D eigenvalue weighted by atomic mass is 35.5. The van der Waals surface area contributed by atoms with E-state index in [-0.39, 0.29) is 15.5 Å². The Bertz CT molecular complexity index is 1140. The zero-order valence-corrected chi connectivity index (χ0v) is 17.6. The number of hydrogen-bond acceptors (Lipinski definition) is 5. The summed E-state index contributed by atoms with van der Waals surface area (Å²) in [5.41, 5.74) is -0.137.